The Hall–Kier alpha value is -1.37. The van der Waals surface area contributed by atoms with Crippen molar-refractivity contribution in [2.24, 2.45) is 5.92 Å². The van der Waals surface area contributed by atoms with Gasteiger partial charge >= 0.3 is 0 Å². The summed E-state index contributed by atoms with van der Waals surface area (Å²) in [5.41, 5.74) is 0.761. The van der Waals surface area contributed by atoms with Crippen LogP contribution in [0.1, 0.15) is 31.7 Å². The number of hydrogen-bond acceptors (Lipinski definition) is 4. The van der Waals surface area contributed by atoms with Gasteiger partial charge in [0.15, 0.2) is 11.6 Å². The molecule has 7 heteroatoms. The quantitative estimate of drug-likeness (QED) is 0.727. The number of amides is 1. The fraction of sp³-hybridized carbons (Fsp3) is 0.650. The van der Waals surface area contributed by atoms with Gasteiger partial charge in [-0.1, -0.05) is 6.07 Å². The largest absolute Gasteiger partial charge is 0.494 e. The fourth-order valence-electron chi connectivity index (χ4n) is 3.61. The number of ether oxygens (including phenoxy) is 1. The van der Waals surface area contributed by atoms with Crippen molar-refractivity contribution in [2.45, 2.75) is 38.8 Å². The molecule has 1 aromatic rings. The van der Waals surface area contributed by atoms with Gasteiger partial charge in [0.2, 0.25) is 5.91 Å². The Morgan fingerprint density at radius 1 is 1.41 bits per heavy atom. The molecule has 0 aliphatic carbocycles. The lowest BCUT2D eigenvalue weighted by molar-refractivity contribution is -0.136. The Labute approximate surface area is 168 Å². The molecule has 0 bridgehead atoms. The van der Waals surface area contributed by atoms with Crippen molar-refractivity contribution in [1.82, 2.24) is 15.1 Å². The molecule has 1 atom stereocenters. The summed E-state index contributed by atoms with van der Waals surface area (Å²) < 4.78 is 18.8. The highest BCUT2D eigenvalue weighted by atomic mass is 35.5. The molecule has 1 heterocycles. The van der Waals surface area contributed by atoms with Gasteiger partial charge in [-0.2, -0.15) is 0 Å². The SMILES string of the molecule is CNCCC1CCN(C(C)C(=O)N(C)Cc2ccc(OC)c(F)c2)CC1.Cl. The van der Waals surface area contributed by atoms with Crippen LogP contribution in [-0.4, -0.2) is 62.6 Å². The zero-order chi connectivity index (χ0) is 19.1. The molecular weight excluding hydrogens is 369 g/mol. The van der Waals surface area contributed by atoms with Crippen LogP contribution < -0.4 is 10.1 Å². The zero-order valence-corrected chi connectivity index (χ0v) is 17.7. The number of carbonyl (C=O) groups excluding carboxylic acids is 1. The molecule has 0 spiro atoms. The third kappa shape index (κ3) is 6.63. The number of methoxy groups -OCH3 is 1. The third-order valence-electron chi connectivity index (χ3n) is 5.37. The van der Waals surface area contributed by atoms with E-state index in [2.05, 4.69) is 10.2 Å². The van der Waals surface area contributed by atoms with E-state index in [1.807, 2.05) is 14.0 Å². The molecule has 154 valence electrons. The minimum Gasteiger partial charge on any atom is -0.494 e. The van der Waals surface area contributed by atoms with E-state index >= 15 is 0 Å². The number of carbonyl (C=O) groups is 1. The van der Waals surface area contributed by atoms with Crippen LogP contribution in [0, 0.1) is 11.7 Å². The Morgan fingerprint density at radius 3 is 2.63 bits per heavy atom. The van der Waals surface area contributed by atoms with Gasteiger partial charge in [-0.3, -0.25) is 9.69 Å². The van der Waals surface area contributed by atoms with Gasteiger partial charge in [0.25, 0.3) is 0 Å². The lowest BCUT2D eigenvalue weighted by atomic mass is 9.92. The van der Waals surface area contributed by atoms with Crippen LogP contribution in [0.15, 0.2) is 18.2 Å². The first kappa shape index (κ1) is 23.7. The zero-order valence-electron chi connectivity index (χ0n) is 16.8. The van der Waals surface area contributed by atoms with E-state index < -0.39 is 5.82 Å². The standard InChI is InChI=1S/C20H32FN3O2.ClH/c1-15(24-11-8-16(9-12-24)7-10-22-2)20(25)23(3)14-17-5-6-19(26-4)18(21)13-17;/h5-6,13,15-16,22H,7-12,14H2,1-4H3;1H. The average Bonchev–Trinajstić information content (AvgIpc) is 2.65. The van der Waals surface area contributed by atoms with Crippen LogP contribution in [0.2, 0.25) is 0 Å². The van der Waals surface area contributed by atoms with Crippen LogP contribution in [0.3, 0.4) is 0 Å². The monoisotopic (exact) mass is 401 g/mol. The summed E-state index contributed by atoms with van der Waals surface area (Å²) in [6.45, 7) is 5.35. The molecule has 27 heavy (non-hydrogen) atoms. The Bertz CT molecular complexity index is 595. The summed E-state index contributed by atoms with van der Waals surface area (Å²) in [6, 6.07) is 4.68. The van der Waals surface area contributed by atoms with E-state index in [0.29, 0.717) is 6.54 Å². The molecule has 1 unspecified atom stereocenters. The lowest BCUT2D eigenvalue weighted by Gasteiger charge is -2.36. The molecule has 1 aliphatic heterocycles. The van der Waals surface area contributed by atoms with E-state index in [1.54, 1.807) is 24.1 Å². The molecule has 2 rings (SSSR count). The third-order valence-corrected chi connectivity index (χ3v) is 5.37. The summed E-state index contributed by atoms with van der Waals surface area (Å²) >= 11 is 0. The van der Waals surface area contributed by atoms with Crippen molar-refractivity contribution in [1.29, 1.82) is 0 Å². The van der Waals surface area contributed by atoms with Crippen molar-refractivity contribution in [3.05, 3.63) is 29.6 Å². The molecule has 1 saturated heterocycles. The topological polar surface area (TPSA) is 44.8 Å². The van der Waals surface area contributed by atoms with Crippen molar-refractivity contribution in [3.8, 4) is 5.75 Å². The number of halogens is 2. The van der Waals surface area contributed by atoms with Crippen molar-refractivity contribution >= 4 is 18.3 Å². The highest BCUT2D eigenvalue weighted by Crippen LogP contribution is 2.23. The second-order valence-corrected chi connectivity index (χ2v) is 7.21. The molecule has 5 nitrogen and oxygen atoms in total. The van der Waals surface area contributed by atoms with Crippen molar-refractivity contribution in [3.63, 3.8) is 0 Å². The predicted octanol–water partition coefficient (Wildman–Crippen LogP) is 2.92. The lowest BCUT2D eigenvalue weighted by Crippen LogP contribution is -2.48. The maximum atomic E-state index is 13.8. The van der Waals surface area contributed by atoms with Gasteiger partial charge in [0, 0.05) is 13.6 Å². The number of nitrogens with zero attached hydrogens (tertiary/aromatic N) is 2. The predicted molar refractivity (Wildman–Crippen MR) is 109 cm³/mol. The molecule has 0 saturated carbocycles. The molecule has 0 radical (unpaired) electrons. The molecule has 1 aromatic carbocycles. The van der Waals surface area contributed by atoms with Crippen molar-refractivity contribution < 1.29 is 13.9 Å². The summed E-state index contributed by atoms with van der Waals surface area (Å²) in [4.78, 5) is 16.7. The molecule has 1 N–H and O–H groups in total. The smallest absolute Gasteiger partial charge is 0.239 e. The maximum Gasteiger partial charge on any atom is 0.239 e. The van der Waals surface area contributed by atoms with E-state index in [4.69, 9.17) is 4.74 Å². The molecule has 0 aromatic heterocycles. The first-order valence-electron chi connectivity index (χ1n) is 9.42. The van der Waals surface area contributed by atoms with Gasteiger partial charge in [-0.25, -0.2) is 4.39 Å². The number of rotatable bonds is 8. The minimum absolute atomic E-state index is 0. The van der Waals surface area contributed by atoms with Crippen LogP contribution in [0.5, 0.6) is 5.75 Å². The normalized spacial score (nSPS) is 16.5. The van der Waals surface area contributed by atoms with E-state index in [1.165, 1.54) is 19.6 Å². The number of likely N-dealkylation sites (tertiary alicyclic amines) is 1. The Morgan fingerprint density at radius 2 is 2.07 bits per heavy atom. The van der Waals surface area contributed by atoms with E-state index in [0.717, 1.165) is 44.0 Å². The molecule has 1 fully saturated rings. The van der Waals surface area contributed by atoms with Crippen LogP contribution in [-0.2, 0) is 11.3 Å². The van der Waals surface area contributed by atoms with Crippen LogP contribution in [0.25, 0.3) is 0 Å². The summed E-state index contributed by atoms with van der Waals surface area (Å²) in [5.74, 6) is 0.649. The van der Waals surface area contributed by atoms with Gasteiger partial charge in [0.1, 0.15) is 0 Å². The fourth-order valence-corrected chi connectivity index (χ4v) is 3.61. The minimum atomic E-state index is -0.400. The van der Waals surface area contributed by atoms with E-state index in [-0.39, 0.29) is 30.1 Å². The number of benzene rings is 1. The van der Waals surface area contributed by atoms with Gasteiger partial charge in [-0.15, -0.1) is 12.4 Å². The van der Waals surface area contributed by atoms with Crippen LogP contribution >= 0.6 is 12.4 Å². The summed E-state index contributed by atoms with van der Waals surface area (Å²) in [5, 5.41) is 3.21. The molecule has 1 aliphatic rings. The number of piperidine rings is 1. The van der Waals surface area contributed by atoms with Gasteiger partial charge in [0.05, 0.1) is 13.2 Å². The van der Waals surface area contributed by atoms with Crippen LogP contribution in [0.4, 0.5) is 4.39 Å². The van der Waals surface area contributed by atoms with E-state index in [9.17, 15) is 9.18 Å². The van der Waals surface area contributed by atoms with Crippen molar-refractivity contribution in [2.75, 3.05) is 40.8 Å². The van der Waals surface area contributed by atoms with Gasteiger partial charge < -0.3 is 15.0 Å². The summed E-state index contributed by atoms with van der Waals surface area (Å²) in [6.07, 6.45) is 3.50. The molecule has 1 amide bonds. The molecular formula is C20H33ClFN3O2. The summed E-state index contributed by atoms with van der Waals surface area (Å²) in [7, 11) is 5.21. The second kappa shape index (κ2) is 11.5. The number of likely N-dealkylation sites (N-methyl/N-ethyl adjacent to an activating group) is 1. The number of hydrogen-bond donors (Lipinski definition) is 1. The first-order valence-corrected chi connectivity index (χ1v) is 9.42. The highest BCUT2D eigenvalue weighted by molar-refractivity contribution is 5.85. The number of nitrogens with one attached hydrogen (secondary N) is 1. The van der Waals surface area contributed by atoms with Gasteiger partial charge in [-0.05, 0) is 76.5 Å². The average molecular weight is 402 g/mol. The Kier molecular flexibility index (Phi) is 10.1. The Balaban J connectivity index is 0.00000364. The first-order chi connectivity index (χ1) is 12.5. The maximum absolute atomic E-state index is 13.8. The highest BCUT2D eigenvalue weighted by Gasteiger charge is 2.28. The second-order valence-electron chi connectivity index (χ2n) is 7.21.